The van der Waals surface area contributed by atoms with Gasteiger partial charge in [0.2, 0.25) is 0 Å². The monoisotopic (exact) mass is 255 g/mol. The number of nitrogens with zero attached hydrogens (tertiary/aromatic N) is 1. The highest BCUT2D eigenvalue weighted by Crippen LogP contribution is 2.35. The lowest BCUT2D eigenvalue weighted by Gasteiger charge is -2.04. The Morgan fingerprint density at radius 2 is 1.86 bits per heavy atom. The summed E-state index contributed by atoms with van der Waals surface area (Å²) in [5.41, 5.74) is 0. The van der Waals surface area contributed by atoms with Crippen LogP contribution in [0.3, 0.4) is 0 Å². The first kappa shape index (κ1) is 12.2. The quantitative estimate of drug-likeness (QED) is 0.770. The van der Waals surface area contributed by atoms with Crippen LogP contribution in [0.25, 0.3) is 0 Å². The minimum atomic E-state index is -0.373. The topological polar surface area (TPSA) is 31.4 Å². The predicted octanol–water partition coefficient (Wildman–Crippen LogP) is 3.52. The first-order valence-corrected chi connectivity index (χ1v) is 5.89. The largest absolute Gasteiger partial charge is 0.345 e. The summed E-state index contributed by atoms with van der Waals surface area (Å²) in [6, 6.07) is 0. The third kappa shape index (κ3) is 2.81. The Labute approximate surface area is 96.9 Å². The molecule has 0 unspecified atom stereocenters. The van der Waals surface area contributed by atoms with E-state index in [4.69, 9.17) is 32.7 Å². The van der Waals surface area contributed by atoms with E-state index in [-0.39, 0.29) is 6.29 Å². The molecule has 0 bridgehead atoms. The van der Waals surface area contributed by atoms with Crippen LogP contribution in [-0.2, 0) is 9.47 Å². The molecule has 1 aliphatic heterocycles. The third-order valence-electron chi connectivity index (χ3n) is 1.42. The van der Waals surface area contributed by atoms with Crippen LogP contribution in [0.4, 0.5) is 0 Å². The van der Waals surface area contributed by atoms with Gasteiger partial charge in [-0.15, -0.1) is 11.3 Å². The van der Waals surface area contributed by atoms with Crippen LogP contribution in [-0.4, -0.2) is 18.2 Å². The first-order valence-electron chi connectivity index (χ1n) is 4.32. The van der Waals surface area contributed by atoms with Gasteiger partial charge in [0.1, 0.15) is 10.0 Å². The summed E-state index contributed by atoms with van der Waals surface area (Å²) in [5, 5.41) is 0.372. The molecule has 0 saturated carbocycles. The molecule has 0 radical (unpaired) electrons. The Kier molecular flexibility index (Phi) is 5.12. The van der Waals surface area contributed by atoms with E-state index in [0.717, 1.165) is 4.88 Å². The number of rotatable bonds is 1. The van der Waals surface area contributed by atoms with E-state index in [1.165, 1.54) is 11.3 Å². The zero-order chi connectivity index (χ0) is 10.6. The molecule has 0 amide bonds. The molecular formula is C8H11Cl2NO2S. The van der Waals surface area contributed by atoms with Crippen molar-refractivity contribution in [2.45, 2.75) is 20.1 Å². The van der Waals surface area contributed by atoms with Crippen molar-refractivity contribution in [3.05, 3.63) is 14.5 Å². The van der Waals surface area contributed by atoms with Gasteiger partial charge in [-0.2, -0.15) is 0 Å². The summed E-state index contributed by atoms with van der Waals surface area (Å²) in [7, 11) is 0. The predicted molar refractivity (Wildman–Crippen MR) is 58.1 cm³/mol. The molecule has 80 valence electrons. The van der Waals surface area contributed by atoms with Gasteiger partial charge < -0.3 is 9.47 Å². The average Bonchev–Trinajstić information content (AvgIpc) is 2.78. The molecule has 2 rings (SSSR count). The Hall–Kier alpha value is 0.130. The smallest absolute Gasteiger partial charge is 0.196 e. The fraction of sp³-hybridized carbons (Fsp3) is 0.625. The summed E-state index contributed by atoms with van der Waals surface area (Å²) in [6.45, 7) is 5.19. The molecular weight excluding hydrogens is 245 g/mol. The molecule has 0 spiro atoms. The van der Waals surface area contributed by atoms with Crippen molar-refractivity contribution in [2.24, 2.45) is 0 Å². The van der Waals surface area contributed by atoms with Crippen molar-refractivity contribution in [1.29, 1.82) is 0 Å². The summed E-state index contributed by atoms with van der Waals surface area (Å²) in [4.78, 5) is 4.59. The van der Waals surface area contributed by atoms with E-state index >= 15 is 0 Å². The van der Waals surface area contributed by atoms with Gasteiger partial charge in [-0.3, -0.25) is 0 Å². The summed E-state index contributed by atoms with van der Waals surface area (Å²) < 4.78 is 10.9. The van der Waals surface area contributed by atoms with E-state index in [1.807, 2.05) is 13.8 Å². The zero-order valence-electron chi connectivity index (χ0n) is 7.92. The maximum Gasteiger partial charge on any atom is 0.196 e. The number of hydrogen-bond donors (Lipinski definition) is 0. The van der Waals surface area contributed by atoms with Gasteiger partial charge in [-0.1, -0.05) is 37.0 Å². The minimum Gasteiger partial charge on any atom is -0.345 e. The summed E-state index contributed by atoms with van der Waals surface area (Å²) in [6.07, 6.45) is -0.373. The standard InChI is InChI=1S/C6H5Cl2NO2S.C2H6/c7-4-3(12-6(8)9-4)5-10-1-2-11-5;1-2/h5H,1-2H2;1-2H3. The molecule has 1 fully saturated rings. The second kappa shape index (κ2) is 5.88. The van der Waals surface area contributed by atoms with Gasteiger partial charge in [0, 0.05) is 0 Å². The number of halogens is 2. The molecule has 14 heavy (non-hydrogen) atoms. The van der Waals surface area contributed by atoms with Gasteiger partial charge in [0.15, 0.2) is 10.8 Å². The van der Waals surface area contributed by atoms with Crippen LogP contribution in [0.1, 0.15) is 25.0 Å². The highest BCUT2D eigenvalue weighted by molar-refractivity contribution is 7.16. The van der Waals surface area contributed by atoms with Crippen LogP contribution < -0.4 is 0 Å². The number of hydrogen-bond acceptors (Lipinski definition) is 4. The number of aromatic nitrogens is 1. The average molecular weight is 256 g/mol. The second-order valence-corrected chi connectivity index (χ2v) is 4.17. The highest BCUT2D eigenvalue weighted by Gasteiger charge is 2.24. The zero-order valence-corrected chi connectivity index (χ0v) is 10.2. The molecule has 2 heterocycles. The molecule has 0 atom stereocenters. The molecule has 1 aliphatic rings. The Balaban J connectivity index is 0.000000461. The SMILES string of the molecule is CC.Clc1nc(Cl)c(C2OCCO2)s1. The molecule has 0 N–H and O–H groups in total. The van der Waals surface area contributed by atoms with Crippen LogP contribution >= 0.6 is 34.5 Å². The molecule has 6 heteroatoms. The first-order chi connectivity index (χ1) is 6.77. The maximum absolute atomic E-state index is 5.78. The normalized spacial score (nSPS) is 16.6. The van der Waals surface area contributed by atoms with Crippen LogP contribution in [0.2, 0.25) is 9.62 Å². The van der Waals surface area contributed by atoms with Crippen molar-refractivity contribution in [3.63, 3.8) is 0 Å². The van der Waals surface area contributed by atoms with Crippen molar-refractivity contribution < 1.29 is 9.47 Å². The van der Waals surface area contributed by atoms with Gasteiger partial charge in [-0.05, 0) is 0 Å². The highest BCUT2D eigenvalue weighted by atomic mass is 35.5. The van der Waals surface area contributed by atoms with Crippen molar-refractivity contribution >= 4 is 34.5 Å². The van der Waals surface area contributed by atoms with Crippen molar-refractivity contribution in [2.75, 3.05) is 13.2 Å². The third-order valence-corrected chi connectivity index (χ3v) is 3.00. The molecule has 1 aromatic rings. The lowest BCUT2D eigenvalue weighted by molar-refractivity contribution is -0.0413. The maximum atomic E-state index is 5.78. The van der Waals surface area contributed by atoms with E-state index in [0.29, 0.717) is 22.8 Å². The minimum absolute atomic E-state index is 0.372. The van der Waals surface area contributed by atoms with Gasteiger partial charge in [0.25, 0.3) is 0 Å². The van der Waals surface area contributed by atoms with E-state index < -0.39 is 0 Å². The Bertz CT molecular complexity index is 287. The van der Waals surface area contributed by atoms with Crippen LogP contribution in [0, 0.1) is 0 Å². The van der Waals surface area contributed by atoms with Crippen molar-refractivity contribution in [1.82, 2.24) is 4.98 Å². The van der Waals surface area contributed by atoms with E-state index in [1.54, 1.807) is 0 Å². The molecule has 0 aromatic carbocycles. The Morgan fingerprint density at radius 1 is 1.29 bits per heavy atom. The van der Waals surface area contributed by atoms with Crippen LogP contribution in [0.5, 0.6) is 0 Å². The van der Waals surface area contributed by atoms with Crippen LogP contribution in [0.15, 0.2) is 0 Å². The molecule has 3 nitrogen and oxygen atoms in total. The number of ether oxygens (including phenoxy) is 2. The van der Waals surface area contributed by atoms with E-state index in [9.17, 15) is 0 Å². The second-order valence-electron chi connectivity index (χ2n) is 2.20. The molecule has 1 aromatic heterocycles. The summed E-state index contributed by atoms with van der Waals surface area (Å²) >= 11 is 12.7. The molecule has 0 aliphatic carbocycles. The fourth-order valence-electron chi connectivity index (χ4n) is 0.943. The Morgan fingerprint density at radius 3 is 2.29 bits per heavy atom. The lowest BCUT2D eigenvalue weighted by Crippen LogP contribution is -1.94. The van der Waals surface area contributed by atoms with E-state index in [2.05, 4.69) is 4.98 Å². The lowest BCUT2D eigenvalue weighted by atomic mass is 10.5. The van der Waals surface area contributed by atoms with Gasteiger partial charge in [-0.25, -0.2) is 4.98 Å². The van der Waals surface area contributed by atoms with Crippen molar-refractivity contribution in [3.8, 4) is 0 Å². The van der Waals surface area contributed by atoms with Gasteiger partial charge in [0.05, 0.1) is 13.2 Å². The fourth-order valence-corrected chi connectivity index (χ4v) is 2.34. The van der Waals surface area contributed by atoms with Gasteiger partial charge >= 0.3 is 0 Å². The number of thiazole rings is 1. The molecule has 1 saturated heterocycles. The summed E-state index contributed by atoms with van der Waals surface area (Å²) in [5.74, 6) is 0.